The Kier molecular flexibility index (Phi) is 9.45. The molecular weight excluding hydrogens is 426 g/mol. The quantitative estimate of drug-likeness (QED) is 0.385. The highest BCUT2D eigenvalue weighted by Crippen LogP contribution is 2.40. The molecule has 2 rings (SSSR count). The number of esters is 2. The smallest absolute Gasteiger partial charge is 0.307 e. The third kappa shape index (κ3) is 7.13. The number of ether oxygens (including phenoxy) is 3. The first kappa shape index (κ1) is 26.5. The SMILES string of the molecule is COC(=O)CCN1C[C@@H](O[Si](C)(C)C(C)(C)C)[C@@H](OCc2ccccc2)[C@@H]1CC(=O)OC. The van der Waals surface area contributed by atoms with Gasteiger partial charge in [0.2, 0.25) is 0 Å². The number of likely N-dealkylation sites (tertiary alicyclic amines) is 1. The van der Waals surface area contributed by atoms with E-state index in [1.165, 1.54) is 14.2 Å². The summed E-state index contributed by atoms with van der Waals surface area (Å²) in [4.78, 5) is 26.2. The van der Waals surface area contributed by atoms with Crippen molar-refractivity contribution in [2.45, 2.75) is 76.6 Å². The molecule has 32 heavy (non-hydrogen) atoms. The molecule has 8 heteroatoms. The van der Waals surface area contributed by atoms with Gasteiger partial charge in [0.25, 0.3) is 0 Å². The second kappa shape index (κ2) is 11.4. The third-order valence-corrected chi connectivity index (χ3v) is 11.1. The minimum absolute atomic E-state index is 0.0360. The summed E-state index contributed by atoms with van der Waals surface area (Å²) < 4.78 is 23.0. The molecule has 0 bridgehead atoms. The Labute approximate surface area is 193 Å². The predicted molar refractivity (Wildman–Crippen MR) is 126 cm³/mol. The first-order valence-electron chi connectivity index (χ1n) is 11.2. The number of methoxy groups -OCH3 is 2. The molecule has 1 aromatic carbocycles. The maximum absolute atomic E-state index is 12.3. The second-order valence-electron chi connectivity index (χ2n) is 9.85. The number of hydrogen-bond acceptors (Lipinski definition) is 7. The molecule has 1 saturated heterocycles. The summed E-state index contributed by atoms with van der Waals surface area (Å²) in [6.07, 6.45) is -0.103. The number of benzene rings is 1. The van der Waals surface area contributed by atoms with Crippen molar-refractivity contribution in [2.75, 3.05) is 27.3 Å². The molecule has 0 spiro atoms. The van der Waals surface area contributed by atoms with Crippen LogP contribution in [0.15, 0.2) is 30.3 Å². The van der Waals surface area contributed by atoms with E-state index in [0.717, 1.165) is 5.56 Å². The molecule has 7 nitrogen and oxygen atoms in total. The van der Waals surface area contributed by atoms with Gasteiger partial charge in [0.05, 0.1) is 39.8 Å². The summed E-state index contributed by atoms with van der Waals surface area (Å²) in [6, 6.07) is 9.71. The average molecular weight is 466 g/mol. The van der Waals surface area contributed by atoms with E-state index in [2.05, 4.69) is 38.8 Å². The Morgan fingerprint density at radius 3 is 2.25 bits per heavy atom. The monoisotopic (exact) mass is 465 g/mol. The molecule has 0 radical (unpaired) electrons. The minimum atomic E-state index is -2.09. The van der Waals surface area contributed by atoms with Crippen LogP contribution in [-0.4, -0.2) is 70.7 Å². The number of nitrogens with zero attached hydrogens (tertiary/aromatic N) is 1. The van der Waals surface area contributed by atoms with E-state index in [-0.39, 0.29) is 48.1 Å². The molecule has 1 aliphatic heterocycles. The fourth-order valence-corrected chi connectivity index (χ4v) is 4.98. The summed E-state index contributed by atoms with van der Waals surface area (Å²) in [6.45, 7) is 12.5. The van der Waals surface area contributed by atoms with Gasteiger partial charge >= 0.3 is 11.9 Å². The van der Waals surface area contributed by atoms with E-state index >= 15 is 0 Å². The lowest BCUT2D eigenvalue weighted by molar-refractivity contribution is -0.143. The van der Waals surface area contributed by atoms with Crippen LogP contribution in [0, 0.1) is 0 Å². The van der Waals surface area contributed by atoms with Crippen LogP contribution >= 0.6 is 0 Å². The first-order chi connectivity index (χ1) is 15.0. The Hall–Kier alpha value is -1.74. The van der Waals surface area contributed by atoms with Gasteiger partial charge in [-0.1, -0.05) is 51.1 Å². The van der Waals surface area contributed by atoms with Crippen LogP contribution in [0.1, 0.15) is 39.2 Å². The van der Waals surface area contributed by atoms with Gasteiger partial charge in [0.15, 0.2) is 8.32 Å². The number of rotatable bonds is 10. The molecule has 3 atom stereocenters. The van der Waals surface area contributed by atoms with Crippen molar-refractivity contribution in [3.05, 3.63) is 35.9 Å². The molecule has 1 aliphatic rings. The van der Waals surface area contributed by atoms with Gasteiger partial charge in [-0.05, 0) is 23.7 Å². The van der Waals surface area contributed by atoms with Crippen molar-refractivity contribution in [1.82, 2.24) is 4.90 Å². The van der Waals surface area contributed by atoms with Gasteiger partial charge in [-0.2, -0.15) is 0 Å². The number of hydrogen-bond donors (Lipinski definition) is 0. The van der Waals surface area contributed by atoms with Gasteiger partial charge in [0.1, 0.15) is 6.10 Å². The molecule has 1 fully saturated rings. The van der Waals surface area contributed by atoms with E-state index in [0.29, 0.717) is 19.7 Å². The van der Waals surface area contributed by atoms with Crippen LogP contribution < -0.4 is 0 Å². The van der Waals surface area contributed by atoms with Crippen molar-refractivity contribution in [3.63, 3.8) is 0 Å². The third-order valence-electron chi connectivity index (χ3n) is 6.60. The molecular formula is C24H39NO6Si. The summed E-state index contributed by atoms with van der Waals surface area (Å²) in [5, 5.41) is 0.0360. The molecule has 0 aliphatic carbocycles. The van der Waals surface area contributed by atoms with Gasteiger partial charge in [-0.3, -0.25) is 14.5 Å². The van der Waals surface area contributed by atoms with Crippen molar-refractivity contribution in [3.8, 4) is 0 Å². The molecule has 1 heterocycles. The van der Waals surface area contributed by atoms with Crippen LogP contribution in [0.3, 0.4) is 0 Å². The highest BCUT2D eigenvalue weighted by molar-refractivity contribution is 6.74. The zero-order valence-corrected chi connectivity index (χ0v) is 21.6. The number of carbonyl (C=O) groups is 2. The zero-order chi connectivity index (χ0) is 23.9. The Balaban J connectivity index is 2.29. The van der Waals surface area contributed by atoms with Crippen LogP contribution in [0.4, 0.5) is 0 Å². The van der Waals surface area contributed by atoms with Crippen LogP contribution in [0.2, 0.25) is 18.1 Å². The summed E-state index contributed by atoms with van der Waals surface area (Å²) in [5.74, 6) is -0.586. The fraction of sp³-hybridized carbons (Fsp3) is 0.667. The van der Waals surface area contributed by atoms with Crippen molar-refractivity contribution in [1.29, 1.82) is 0 Å². The van der Waals surface area contributed by atoms with Gasteiger partial charge in [0, 0.05) is 19.1 Å². The van der Waals surface area contributed by atoms with E-state index in [9.17, 15) is 9.59 Å². The molecule has 0 N–H and O–H groups in total. The first-order valence-corrected chi connectivity index (χ1v) is 14.1. The average Bonchev–Trinajstić information content (AvgIpc) is 3.05. The molecule has 0 unspecified atom stereocenters. The van der Waals surface area contributed by atoms with E-state index in [4.69, 9.17) is 18.6 Å². The summed E-state index contributed by atoms with van der Waals surface area (Å²) in [5.41, 5.74) is 1.06. The van der Waals surface area contributed by atoms with Gasteiger partial charge < -0.3 is 18.6 Å². The standard InChI is InChI=1S/C24H39NO6Si/c1-24(2,3)32(6,7)31-20-16-25(14-13-21(26)28-4)19(15-22(27)29-5)23(20)30-17-18-11-9-8-10-12-18/h8-12,19-20,23H,13-17H2,1-7H3/t19-,20+,23-/m0/s1. The summed E-state index contributed by atoms with van der Waals surface area (Å²) >= 11 is 0. The Bertz CT molecular complexity index is 749. The normalized spacial score (nSPS) is 22.0. The summed E-state index contributed by atoms with van der Waals surface area (Å²) in [7, 11) is 0.677. The topological polar surface area (TPSA) is 74.3 Å². The molecule has 180 valence electrons. The van der Waals surface area contributed by atoms with Crippen molar-refractivity contribution >= 4 is 20.3 Å². The van der Waals surface area contributed by atoms with E-state index in [1.807, 2.05) is 30.3 Å². The number of carbonyl (C=O) groups excluding carboxylic acids is 2. The minimum Gasteiger partial charge on any atom is -0.469 e. The lowest BCUT2D eigenvalue weighted by Crippen LogP contribution is -2.48. The van der Waals surface area contributed by atoms with E-state index in [1.54, 1.807) is 0 Å². The van der Waals surface area contributed by atoms with Gasteiger partial charge in [-0.15, -0.1) is 0 Å². The largest absolute Gasteiger partial charge is 0.469 e. The molecule has 0 amide bonds. The van der Waals surface area contributed by atoms with Crippen molar-refractivity contribution in [2.24, 2.45) is 0 Å². The predicted octanol–water partition coefficient (Wildman–Crippen LogP) is 3.77. The lowest BCUT2D eigenvalue weighted by Gasteiger charge is -2.39. The van der Waals surface area contributed by atoms with Crippen molar-refractivity contribution < 1.29 is 28.2 Å². The van der Waals surface area contributed by atoms with E-state index < -0.39 is 8.32 Å². The Morgan fingerprint density at radius 2 is 1.69 bits per heavy atom. The van der Waals surface area contributed by atoms with Crippen LogP contribution in [-0.2, 0) is 34.8 Å². The Morgan fingerprint density at radius 1 is 1.06 bits per heavy atom. The molecule has 0 aromatic heterocycles. The fourth-order valence-electron chi connectivity index (χ4n) is 3.66. The molecule has 1 aromatic rings. The highest BCUT2D eigenvalue weighted by Gasteiger charge is 2.48. The van der Waals surface area contributed by atoms with Crippen LogP contribution in [0.5, 0.6) is 0 Å². The maximum atomic E-state index is 12.3. The maximum Gasteiger partial charge on any atom is 0.307 e. The lowest BCUT2D eigenvalue weighted by atomic mass is 10.1. The van der Waals surface area contributed by atoms with Crippen LogP contribution in [0.25, 0.3) is 0 Å². The second-order valence-corrected chi connectivity index (χ2v) is 14.6. The van der Waals surface area contributed by atoms with Gasteiger partial charge in [-0.25, -0.2) is 0 Å². The zero-order valence-electron chi connectivity index (χ0n) is 20.6. The molecule has 0 saturated carbocycles. The highest BCUT2D eigenvalue weighted by atomic mass is 28.4.